The predicted molar refractivity (Wildman–Crippen MR) is 119 cm³/mol. The Hall–Kier alpha value is -3.00. The number of hydrogen-bond donors (Lipinski definition) is 4. The largest absolute Gasteiger partial charge is 0.385 e. The molecule has 0 saturated heterocycles. The number of aromatic amines is 1. The molecule has 2 aromatic rings. The number of amides is 1. The third-order valence-corrected chi connectivity index (χ3v) is 5.19. The van der Waals surface area contributed by atoms with Crippen LogP contribution in [0.25, 0.3) is 0 Å². The number of rotatable bonds is 4. The second-order valence-electron chi connectivity index (χ2n) is 7.76. The van der Waals surface area contributed by atoms with E-state index in [0.29, 0.717) is 22.7 Å². The number of allylic oxidation sites excluding steroid dienone is 1. The highest BCUT2D eigenvalue weighted by Gasteiger charge is 2.17. The maximum atomic E-state index is 12.6. The molecule has 1 aliphatic heterocycles. The van der Waals surface area contributed by atoms with Crippen molar-refractivity contribution in [3.63, 3.8) is 0 Å². The average molecular weight is 412 g/mol. The zero-order valence-electron chi connectivity index (χ0n) is 16.9. The van der Waals surface area contributed by atoms with Crippen LogP contribution in [-0.4, -0.2) is 28.4 Å². The summed E-state index contributed by atoms with van der Waals surface area (Å²) in [6, 6.07) is 8.98. The van der Waals surface area contributed by atoms with Crippen molar-refractivity contribution in [1.82, 2.24) is 10.3 Å². The number of pyridine rings is 1. The van der Waals surface area contributed by atoms with Gasteiger partial charge in [0.25, 0.3) is 11.5 Å². The molecule has 0 aliphatic carbocycles. The minimum atomic E-state index is -0.388. The first-order valence-corrected chi connectivity index (χ1v) is 10.5. The molecule has 0 radical (unpaired) electrons. The van der Waals surface area contributed by atoms with Gasteiger partial charge in [-0.05, 0) is 35.4 Å². The van der Waals surface area contributed by atoms with Gasteiger partial charge in [0.15, 0.2) is 5.50 Å². The van der Waals surface area contributed by atoms with Gasteiger partial charge in [-0.1, -0.05) is 32.9 Å². The second kappa shape index (κ2) is 8.16. The van der Waals surface area contributed by atoms with Crippen LogP contribution >= 0.6 is 11.8 Å². The van der Waals surface area contributed by atoms with Crippen LogP contribution in [0.4, 0.5) is 5.69 Å². The number of hydrogen-bond acceptors (Lipinski definition) is 6. The predicted octanol–water partition coefficient (Wildman–Crippen LogP) is 2.76. The molecule has 1 aliphatic rings. The molecular weight excluding hydrogens is 386 g/mol. The summed E-state index contributed by atoms with van der Waals surface area (Å²) in [4.78, 5) is 32.0. The van der Waals surface area contributed by atoms with Crippen LogP contribution in [0.2, 0.25) is 0 Å². The van der Waals surface area contributed by atoms with Crippen molar-refractivity contribution in [3.8, 4) is 0 Å². The summed E-state index contributed by atoms with van der Waals surface area (Å²) >= 11 is 1.50. The zero-order valence-corrected chi connectivity index (χ0v) is 17.7. The van der Waals surface area contributed by atoms with E-state index in [1.165, 1.54) is 11.8 Å². The molecule has 1 unspecified atom stereocenters. The number of benzene rings is 1. The van der Waals surface area contributed by atoms with Gasteiger partial charge in [-0.2, -0.15) is 0 Å². The van der Waals surface area contributed by atoms with Crippen molar-refractivity contribution in [2.75, 3.05) is 11.6 Å². The fraction of sp³-hybridized carbons (Fsp3) is 0.286. The Balaban J connectivity index is 1.85. The molecule has 1 amide bonds. The standard InChI is InChI=1S/C21H25N5O2S/c1-21(2,3)14-7-5-12(6-8-14)18(27)24-16-9-13(11-23-19(16)28)15-10-17(22)26-20(25-15)29-4/h5-11,20,26H,22H2,1-4H3,(H,23,28)(H,24,27). The molecular formula is C21H25N5O2S. The maximum Gasteiger partial charge on any atom is 0.271 e. The molecule has 2 heterocycles. The van der Waals surface area contributed by atoms with Crippen molar-refractivity contribution in [3.05, 3.63) is 75.5 Å². The van der Waals surface area contributed by atoms with Crippen molar-refractivity contribution >= 4 is 29.1 Å². The van der Waals surface area contributed by atoms with E-state index in [-0.39, 0.29) is 28.1 Å². The molecule has 0 fully saturated rings. The van der Waals surface area contributed by atoms with Gasteiger partial charge in [-0.15, -0.1) is 11.8 Å². The van der Waals surface area contributed by atoms with E-state index in [0.717, 1.165) is 5.56 Å². The van der Waals surface area contributed by atoms with E-state index in [9.17, 15) is 9.59 Å². The summed E-state index contributed by atoms with van der Waals surface area (Å²) in [5.41, 5.74) is 8.37. The average Bonchev–Trinajstić information content (AvgIpc) is 2.68. The fourth-order valence-corrected chi connectivity index (χ4v) is 3.31. The highest BCUT2D eigenvalue weighted by atomic mass is 32.2. The molecule has 152 valence electrons. The van der Waals surface area contributed by atoms with Crippen LogP contribution in [-0.2, 0) is 5.41 Å². The first-order chi connectivity index (χ1) is 13.7. The van der Waals surface area contributed by atoms with E-state index in [1.807, 2.05) is 18.4 Å². The molecule has 1 aromatic carbocycles. The number of anilines is 1. The Labute approximate surface area is 173 Å². The molecule has 0 saturated carbocycles. The van der Waals surface area contributed by atoms with Crippen LogP contribution in [0.15, 0.2) is 58.2 Å². The lowest BCUT2D eigenvalue weighted by atomic mass is 9.87. The Morgan fingerprint density at radius 3 is 2.55 bits per heavy atom. The minimum Gasteiger partial charge on any atom is -0.385 e. The van der Waals surface area contributed by atoms with Gasteiger partial charge in [-0.25, -0.2) is 4.99 Å². The number of thioether (sulfide) groups is 1. The van der Waals surface area contributed by atoms with Crippen LogP contribution in [0.1, 0.15) is 42.3 Å². The minimum absolute atomic E-state index is 0.0000592. The number of nitrogens with one attached hydrogen (secondary N) is 3. The van der Waals surface area contributed by atoms with Crippen LogP contribution in [0.5, 0.6) is 0 Å². The topological polar surface area (TPSA) is 112 Å². The summed E-state index contributed by atoms with van der Waals surface area (Å²) in [5, 5.41) is 5.72. The van der Waals surface area contributed by atoms with Gasteiger partial charge in [0.1, 0.15) is 11.5 Å². The van der Waals surface area contributed by atoms with E-state index in [1.54, 1.807) is 30.5 Å². The summed E-state index contributed by atoms with van der Waals surface area (Å²) in [7, 11) is 0. The number of aromatic nitrogens is 1. The summed E-state index contributed by atoms with van der Waals surface area (Å²) in [6.45, 7) is 6.33. The monoisotopic (exact) mass is 411 g/mol. The Bertz CT molecular complexity index is 1030. The highest BCUT2D eigenvalue weighted by Crippen LogP contribution is 2.22. The molecule has 1 atom stereocenters. The number of nitrogens with zero attached hydrogens (tertiary/aromatic N) is 1. The smallest absolute Gasteiger partial charge is 0.271 e. The van der Waals surface area contributed by atoms with Gasteiger partial charge >= 0.3 is 0 Å². The van der Waals surface area contributed by atoms with Crippen LogP contribution < -0.4 is 21.9 Å². The number of aliphatic imine (C=N–C) groups is 1. The molecule has 3 rings (SSSR count). The molecule has 0 spiro atoms. The molecule has 7 nitrogen and oxygen atoms in total. The Morgan fingerprint density at radius 1 is 1.24 bits per heavy atom. The molecule has 29 heavy (non-hydrogen) atoms. The van der Waals surface area contributed by atoms with Gasteiger partial charge in [0.05, 0.1) is 5.71 Å². The van der Waals surface area contributed by atoms with Crippen molar-refractivity contribution in [2.24, 2.45) is 10.7 Å². The van der Waals surface area contributed by atoms with Crippen LogP contribution in [0.3, 0.4) is 0 Å². The molecule has 0 bridgehead atoms. The van der Waals surface area contributed by atoms with E-state index in [2.05, 4.69) is 41.4 Å². The summed E-state index contributed by atoms with van der Waals surface area (Å²) in [5.74, 6) is 0.141. The number of carbonyl (C=O) groups is 1. The maximum absolute atomic E-state index is 12.6. The highest BCUT2D eigenvalue weighted by molar-refractivity contribution is 7.99. The summed E-state index contributed by atoms with van der Waals surface area (Å²) < 4.78 is 0. The third kappa shape index (κ3) is 4.89. The SMILES string of the molecule is CSC1N=C(c2c[nH]c(=O)c(NC(=O)c3ccc(C(C)(C)C)cc3)c2)C=C(N)N1. The van der Waals surface area contributed by atoms with Crippen LogP contribution in [0, 0.1) is 0 Å². The van der Waals surface area contributed by atoms with Crippen molar-refractivity contribution < 1.29 is 4.79 Å². The molecule has 8 heteroatoms. The Kier molecular flexibility index (Phi) is 5.83. The van der Waals surface area contributed by atoms with Crippen molar-refractivity contribution in [2.45, 2.75) is 31.7 Å². The van der Waals surface area contributed by atoms with Gasteiger partial charge < -0.3 is 21.4 Å². The quantitative estimate of drug-likeness (QED) is 0.618. The second-order valence-corrected chi connectivity index (χ2v) is 8.68. The van der Waals surface area contributed by atoms with Gasteiger partial charge in [-0.3, -0.25) is 9.59 Å². The van der Waals surface area contributed by atoms with Gasteiger partial charge in [0.2, 0.25) is 0 Å². The van der Waals surface area contributed by atoms with Crippen molar-refractivity contribution in [1.29, 1.82) is 0 Å². The van der Waals surface area contributed by atoms with Gasteiger partial charge in [0, 0.05) is 23.4 Å². The first-order valence-electron chi connectivity index (χ1n) is 9.16. The molecule has 1 aromatic heterocycles. The van der Waals surface area contributed by atoms with E-state index < -0.39 is 0 Å². The lowest BCUT2D eigenvalue weighted by Gasteiger charge is -2.20. The third-order valence-electron chi connectivity index (χ3n) is 4.52. The number of nitrogens with two attached hydrogens (primary N) is 1. The Morgan fingerprint density at radius 2 is 1.93 bits per heavy atom. The lowest BCUT2D eigenvalue weighted by Crippen LogP contribution is -2.33. The fourth-order valence-electron chi connectivity index (χ4n) is 2.84. The molecule has 5 N–H and O–H groups in total. The number of carbonyl (C=O) groups excluding carboxylic acids is 1. The first kappa shape index (κ1) is 20.7. The van der Waals surface area contributed by atoms with E-state index >= 15 is 0 Å². The lowest BCUT2D eigenvalue weighted by molar-refractivity contribution is 0.102. The summed E-state index contributed by atoms with van der Waals surface area (Å²) in [6.07, 6.45) is 5.17. The zero-order chi connectivity index (χ0) is 21.2. The normalized spacial score (nSPS) is 16.5. The van der Waals surface area contributed by atoms with E-state index in [4.69, 9.17) is 5.73 Å². The number of H-pyrrole nitrogens is 1.